The van der Waals surface area contributed by atoms with E-state index in [2.05, 4.69) is 65.3 Å². The maximum absolute atomic E-state index is 13.6. The number of carbonyl (C=O) groups is 1. The van der Waals surface area contributed by atoms with Gasteiger partial charge in [-0.1, -0.05) is 42.9 Å². The van der Waals surface area contributed by atoms with Crippen molar-refractivity contribution in [3.63, 3.8) is 0 Å². The smallest absolute Gasteiger partial charge is 0.335 e. The van der Waals surface area contributed by atoms with Crippen molar-refractivity contribution in [2.45, 2.75) is 65.6 Å². The van der Waals surface area contributed by atoms with Crippen LogP contribution in [0.15, 0.2) is 83.8 Å². The summed E-state index contributed by atoms with van der Waals surface area (Å²) >= 11 is 0. The molecule has 0 saturated carbocycles. The van der Waals surface area contributed by atoms with Gasteiger partial charge in [-0.25, -0.2) is 9.78 Å². The standard InChI is InChI=1S/C33H39FN4O3/c1-7-24(32(39)40)13-12-23(5)28-18-33(6,41-36-28)16-17-37(8-2)20-26-21-38(22(3)4)29-11-9-10-27(31(26)29)25-14-15-30(34)35-19-25/h7,9-15,19,21-22H,5,8,16-18,20H2,1-4,6H3,(H,39,40)/b13-12-,24-7+. The van der Waals surface area contributed by atoms with Crippen LogP contribution in [0, 0.1) is 5.95 Å². The van der Waals surface area contributed by atoms with Crippen LogP contribution < -0.4 is 0 Å². The van der Waals surface area contributed by atoms with Crippen molar-refractivity contribution in [1.29, 1.82) is 0 Å². The lowest BCUT2D eigenvalue weighted by Crippen LogP contribution is -2.33. The number of fused-ring (bicyclic) bond motifs is 1. The van der Waals surface area contributed by atoms with E-state index in [9.17, 15) is 14.3 Å². The van der Waals surface area contributed by atoms with Gasteiger partial charge in [0.05, 0.1) is 11.3 Å². The predicted octanol–water partition coefficient (Wildman–Crippen LogP) is 7.31. The van der Waals surface area contributed by atoms with Gasteiger partial charge in [0.1, 0.15) is 5.60 Å². The molecule has 1 N–H and O–H groups in total. The molecule has 0 spiro atoms. The maximum Gasteiger partial charge on any atom is 0.335 e. The third-order valence-electron chi connectivity index (χ3n) is 7.64. The van der Waals surface area contributed by atoms with Crippen LogP contribution in [0.3, 0.4) is 0 Å². The van der Waals surface area contributed by atoms with Gasteiger partial charge in [-0.15, -0.1) is 0 Å². The van der Waals surface area contributed by atoms with Crippen LogP contribution in [0.25, 0.3) is 22.0 Å². The van der Waals surface area contributed by atoms with Gasteiger partial charge < -0.3 is 14.5 Å². The first-order valence-corrected chi connectivity index (χ1v) is 14.0. The van der Waals surface area contributed by atoms with E-state index in [0.29, 0.717) is 12.0 Å². The number of nitrogens with zero attached hydrogens (tertiary/aromatic N) is 4. The molecule has 0 fully saturated rings. The van der Waals surface area contributed by atoms with Gasteiger partial charge >= 0.3 is 5.97 Å². The number of aromatic nitrogens is 2. The van der Waals surface area contributed by atoms with Crippen molar-refractivity contribution < 1.29 is 19.1 Å². The second-order valence-electron chi connectivity index (χ2n) is 11.0. The molecule has 2 aromatic heterocycles. The van der Waals surface area contributed by atoms with Gasteiger partial charge in [-0.05, 0) is 75.2 Å². The van der Waals surface area contributed by atoms with E-state index in [1.54, 1.807) is 31.3 Å². The van der Waals surface area contributed by atoms with Gasteiger partial charge in [0.25, 0.3) is 0 Å². The summed E-state index contributed by atoms with van der Waals surface area (Å²) in [7, 11) is 0. The first-order valence-electron chi connectivity index (χ1n) is 14.0. The van der Waals surface area contributed by atoms with Crippen LogP contribution in [0.5, 0.6) is 0 Å². The molecule has 1 atom stereocenters. The van der Waals surface area contributed by atoms with E-state index in [0.717, 1.165) is 53.8 Å². The molecule has 0 radical (unpaired) electrons. The molecule has 41 heavy (non-hydrogen) atoms. The number of pyridine rings is 1. The minimum atomic E-state index is -0.983. The Morgan fingerprint density at radius 3 is 2.71 bits per heavy atom. The Bertz CT molecular complexity index is 1520. The highest BCUT2D eigenvalue weighted by Gasteiger charge is 2.35. The third kappa shape index (κ3) is 6.82. The summed E-state index contributed by atoms with van der Waals surface area (Å²) in [5.74, 6) is -1.47. The fourth-order valence-corrected chi connectivity index (χ4v) is 5.17. The van der Waals surface area contributed by atoms with Gasteiger partial charge in [0.2, 0.25) is 5.95 Å². The summed E-state index contributed by atoms with van der Waals surface area (Å²) in [4.78, 5) is 23.4. The van der Waals surface area contributed by atoms with Crippen molar-refractivity contribution in [2.75, 3.05) is 13.1 Å². The molecular weight excluding hydrogens is 519 g/mol. The average Bonchev–Trinajstić information content (AvgIpc) is 3.53. The lowest BCUT2D eigenvalue weighted by atomic mass is 9.92. The van der Waals surface area contributed by atoms with Gasteiger partial charge in [-0.3, -0.25) is 4.90 Å². The minimum absolute atomic E-state index is 0.199. The van der Waals surface area contributed by atoms with Crippen molar-refractivity contribution in [3.05, 3.63) is 90.2 Å². The van der Waals surface area contributed by atoms with E-state index >= 15 is 0 Å². The number of hydrogen-bond donors (Lipinski definition) is 1. The Morgan fingerprint density at radius 1 is 1.29 bits per heavy atom. The molecule has 4 rings (SSSR count). The van der Waals surface area contributed by atoms with Crippen LogP contribution in [0.1, 0.15) is 59.1 Å². The van der Waals surface area contributed by atoms with Crippen LogP contribution in [0.4, 0.5) is 4.39 Å². The summed E-state index contributed by atoms with van der Waals surface area (Å²) < 4.78 is 15.9. The van der Waals surface area contributed by atoms with Crippen molar-refractivity contribution in [1.82, 2.24) is 14.5 Å². The number of carboxylic acids is 1. The lowest BCUT2D eigenvalue weighted by Gasteiger charge is -2.27. The lowest BCUT2D eigenvalue weighted by molar-refractivity contribution is -0.132. The monoisotopic (exact) mass is 558 g/mol. The fraction of sp³-hybridized carbons (Fsp3) is 0.364. The zero-order valence-corrected chi connectivity index (χ0v) is 24.5. The zero-order chi connectivity index (χ0) is 29.7. The molecule has 0 saturated heterocycles. The summed E-state index contributed by atoms with van der Waals surface area (Å²) in [5, 5.41) is 14.7. The molecule has 216 valence electrons. The Morgan fingerprint density at radius 2 is 2.07 bits per heavy atom. The number of benzene rings is 1. The highest BCUT2D eigenvalue weighted by atomic mass is 19.1. The Hall–Kier alpha value is -4.04. The topological polar surface area (TPSA) is 80.0 Å². The molecule has 1 aliphatic rings. The van der Waals surface area contributed by atoms with Crippen molar-refractivity contribution in [2.24, 2.45) is 5.16 Å². The molecule has 1 unspecified atom stereocenters. The fourth-order valence-electron chi connectivity index (χ4n) is 5.17. The van der Waals surface area contributed by atoms with Gasteiger partial charge in [0.15, 0.2) is 0 Å². The summed E-state index contributed by atoms with van der Waals surface area (Å²) in [6, 6.07) is 9.72. The second kappa shape index (κ2) is 12.6. The Kier molecular flexibility index (Phi) is 9.23. The maximum atomic E-state index is 13.6. The van der Waals surface area contributed by atoms with Crippen LogP contribution in [-0.2, 0) is 16.2 Å². The highest BCUT2D eigenvalue weighted by Crippen LogP contribution is 2.35. The Balaban J connectivity index is 1.50. The minimum Gasteiger partial charge on any atom is -0.478 e. The SMILES string of the molecule is C=C(/C=C\C(=C/C)C(=O)O)C1=NOC(C)(CCN(CC)Cc2cn(C(C)C)c3cccc(-c4ccc(F)nc4)c23)C1. The number of allylic oxidation sites excluding steroid dienone is 3. The first kappa shape index (κ1) is 29.9. The number of hydrogen-bond acceptors (Lipinski definition) is 5. The quantitative estimate of drug-likeness (QED) is 0.143. The molecule has 3 aromatic rings. The summed E-state index contributed by atoms with van der Waals surface area (Å²) in [6.45, 7) is 16.7. The summed E-state index contributed by atoms with van der Waals surface area (Å²) in [6.07, 6.45) is 9.94. The van der Waals surface area contributed by atoms with E-state index in [-0.39, 0.29) is 11.6 Å². The number of oxime groups is 1. The van der Waals surface area contributed by atoms with E-state index in [4.69, 9.17) is 4.84 Å². The van der Waals surface area contributed by atoms with Crippen LogP contribution in [-0.4, -0.2) is 49.9 Å². The van der Waals surface area contributed by atoms with Crippen LogP contribution >= 0.6 is 0 Å². The molecule has 0 amide bonds. The highest BCUT2D eigenvalue weighted by molar-refractivity contribution is 6.03. The Labute approximate surface area is 241 Å². The van der Waals surface area contributed by atoms with Crippen molar-refractivity contribution in [3.8, 4) is 11.1 Å². The molecule has 1 aromatic carbocycles. The predicted molar refractivity (Wildman–Crippen MR) is 162 cm³/mol. The zero-order valence-electron chi connectivity index (χ0n) is 24.5. The molecule has 8 heteroatoms. The van der Waals surface area contributed by atoms with Crippen LogP contribution in [0.2, 0.25) is 0 Å². The molecule has 0 bridgehead atoms. The number of halogens is 1. The van der Waals surface area contributed by atoms with E-state index in [1.165, 1.54) is 17.7 Å². The average molecular weight is 559 g/mol. The third-order valence-corrected chi connectivity index (χ3v) is 7.64. The second-order valence-corrected chi connectivity index (χ2v) is 11.0. The number of aliphatic carboxylic acids is 1. The first-order chi connectivity index (χ1) is 19.5. The normalized spacial score (nSPS) is 17.6. The van der Waals surface area contributed by atoms with Gasteiger partial charge in [0, 0.05) is 60.8 Å². The molecule has 1 aliphatic heterocycles. The number of carboxylic acid groups (broad SMARTS) is 1. The molecule has 3 heterocycles. The molecule has 0 aliphatic carbocycles. The molecular formula is C33H39FN4O3. The van der Waals surface area contributed by atoms with Crippen molar-refractivity contribution >= 4 is 22.6 Å². The summed E-state index contributed by atoms with van der Waals surface area (Å²) in [5.41, 5.74) is 5.38. The number of rotatable bonds is 12. The van der Waals surface area contributed by atoms with E-state index < -0.39 is 17.5 Å². The molecule has 7 nitrogen and oxygen atoms in total. The largest absolute Gasteiger partial charge is 0.478 e. The van der Waals surface area contributed by atoms with Gasteiger partial charge in [-0.2, -0.15) is 4.39 Å². The van der Waals surface area contributed by atoms with E-state index in [1.807, 2.05) is 13.0 Å².